The molecule has 4 amide bonds. The Balaban J connectivity index is 1.65. The highest BCUT2D eigenvalue weighted by Crippen LogP contribution is 2.28. The van der Waals surface area contributed by atoms with Crippen LogP contribution in [0.2, 0.25) is 0 Å². The first-order valence-electron chi connectivity index (χ1n) is 10.7. The molecule has 9 nitrogen and oxygen atoms in total. The fraction of sp³-hybridized carbons (Fsp3) is 0.115. The summed E-state index contributed by atoms with van der Waals surface area (Å²) >= 11 is 0. The number of imide groups is 2. The first kappa shape index (κ1) is 23.4. The molecular formula is C26H21N3O6. The number of hydrogen-bond acceptors (Lipinski definition) is 6. The van der Waals surface area contributed by atoms with Crippen LogP contribution in [0.15, 0.2) is 72.3 Å². The standard InChI is InChI=1S/C26H21N3O6/c1-16-10-11-17(2)22(12-16)28-25(31)21(24(30)27-26(28)32)14-19-7-3-4-9-23(19)35-15-18-6-5-8-20(13-18)29(33)34/h3-14H,15H2,1-2H3,(H,27,30,32)/b21-14+. The lowest BCUT2D eigenvalue weighted by Gasteiger charge is -2.28. The maximum Gasteiger partial charge on any atom is 0.335 e. The summed E-state index contributed by atoms with van der Waals surface area (Å²) in [6, 6.07) is 17.4. The average molecular weight is 471 g/mol. The normalized spacial score (nSPS) is 14.7. The van der Waals surface area contributed by atoms with Gasteiger partial charge in [0, 0.05) is 17.7 Å². The van der Waals surface area contributed by atoms with Gasteiger partial charge in [0.1, 0.15) is 17.9 Å². The summed E-state index contributed by atoms with van der Waals surface area (Å²) < 4.78 is 5.85. The Hall–Kier alpha value is -4.79. The van der Waals surface area contributed by atoms with E-state index in [-0.39, 0.29) is 17.9 Å². The largest absolute Gasteiger partial charge is 0.488 e. The molecule has 1 saturated heterocycles. The van der Waals surface area contributed by atoms with Gasteiger partial charge in [0.2, 0.25) is 0 Å². The van der Waals surface area contributed by atoms with Crippen LogP contribution in [0.25, 0.3) is 6.08 Å². The molecule has 0 radical (unpaired) electrons. The number of hydrogen-bond donors (Lipinski definition) is 1. The number of urea groups is 1. The number of rotatable bonds is 6. The fourth-order valence-corrected chi connectivity index (χ4v) is 3.64. The minimum Gasteiger partial charge on any atom is -0.488 e. The molecule has 1 N–H and O–H groups in total. The highest BCUT2D eigenvalue weighted by Gasteiger charge is 2.37. The van der Waals surface area contributed by atoms with Gasteiger partial charge in [-0.25, -0.2) is 9.69 Å². The van der Waals surface area contributed by atoms with Crippen LogP contribution in [-0.4, -0.2) is 22.8 Å². The lowest BCUT2D eigenvalue weighted by atomic mass is 10.0. The van der Waals surface area contributed by atoms with Crippen LogP contribution < -0.4 is 15.0 Å². The summed E-state index contributed by atoms with van der Waals surface area (Å²) in [5, 5.41) is 13.2. The Kier molecular flexibility index (Phi) is 6.41. The third kappa shape index (κ3) is 4.93. The predicted molar refractivity (Wildman–Crippen MR) is 129 cm³/mol. The van der Waals surface area contributed by atoms with Crippen molar-refractivity contribution in [3.8, 4) is 5.75 Å². The maximum atomic E-state index is 13.3. The van der Waals surface area contributed by atoms with E-state index in [1.165, 1.54) is 18.2 Å². The van der Waals surface area contributed by atoms with E-state index in [9.17, 15) is 24.5 Å². The summed E-state index contributed by atoms with van der Waals surface area (Å²) in [4.78, 5) is 49.9. The second-order valence-electron chi connectivity index (χ2n) is 8.00. The molecule has 1 heterocycles. The van der Waals surface area contributed by atoms with Crippen molar-refractivity contribution in [3.05, 3.63) is 105 Å². The number of aryl methyl sites for hydroxylation is 2. The molecule has 0 bridgehead atoms. The maximum absolute atomic E-state index is 13.3. The van der Waals surface area contributed by atoms with Gasteiger partial charge in [-0.2, -0.15) is 0 Å². The molecule has 0 atom stereocenters. The zero-order valence-electron chi connectivity index (χ0n) is 19.0. The van der Waals surface area contributed by atoms with E-state index in [0.717, 1.165) is 10.5 Å². The van der Waals surface area contributed by atoms with Crippen molar-refractivity contribution in [2.24, 2.45) is 0 Å². The van der Waals surface area contributed by atoms with E-state index in [1.54, 1.807) is 55.5 Å². The van der Waals surface area contributed by atoms with Gasteiger partial charge in [0.15, 0.2) is 0 Å². The first-order chi connectivity index (χ1) is 16.7. The van der Waals surface area contributed by atoms with Crippen molar-refractivity contribution < 1.29 is 24.0 Å². The highest BCUT2D eigenvalue weighted by molar-refractivity contribution is 6.39. The number of nitrogens with one attached hydrogen (secondary N) is 1. The van der Waals surface area contributed by atoms with E-state index < -0.39 is 22.8 Å². The summed E-state index contributed by atoms with van der Waals surface area (Å²) in [6.45, 7) is 3.65. The Morgan fingerprint density at radius 1 is 1.00 bits per heavy atom. The van der Waals surface area contributed by atoms with Gasteiger partial charge in [-0.05, 0) is 48.7 Å². The second-order valence-corrected chi connectivity index (χ2v) is 8.00. The van der Waals surface area contributed by atoms with Crippen LogP contribution in [0.5, 0.6) is 5.75 Å². The lowest BCUT2D eigenvalue weighted by Crippen LogP contribution is -2.54. The summed E-state index contributed by atoms with van der Waals surface area (Å²) in [6.07, 6.45) is 1.37. The van der Waals surface area contributed by atoms with Crippen LogP contribution in [0.3, 0.4) is 0 Å². The van der Waals surface area contributed by atoms with Crippen molar-refractivity contribution in [1.29, 1.82) is 0 Å². The van der Waals surface area contributed by atoms with Gasteiger partial charge in [-0.15, -0.1) is 0 Å². The molecule has 4 rings (SSSR count). The molecule has 9 heteroatoms. The van der Waals surface area contributed by atoms with Crippen molar-refractivity contribution in [2.75, 3.05) is 4.90 Å². The van der Waals surface area contributed by atoms with Crippen LogP contribution in [0.1, 0.15) is 22.3 Å². The summed E-state index contributed by atoms with van der Waals surface area (Å²) in [5.74, 6) is -1.20. The number of benzene rings is 3. The summed E-state index contributed by atoms with van der Waals surface area (Å²) in [5.41, 5.74) is 2.69. The molecular weight excluding hydrogens is 450 g/mol. The van der Waals surface area contributed by atoms with Gasteiger partial charge in [0.05, 0.1) is 10.6 Å². The van der Waals surface area contributed by atoms with Gasteiger partial charge in [-0.3, -0.25) is 25.0 Å². The number of non-ortho nitro benzene ring substituents is 1. The molecule has 3 aromatic rings. The SMILES string of the molecule is Cc1ccc(C)c(N2C(=O)NC(=O)/C(=C\c3ccccc3OCc3cccc([N+](=O)[O-])c3)C2=O)c1. The van der Waals surface area contributed by atoms with Gasteiger partial charge in [-0.1, -0.05) is 42.5 Å². The molecule has 0 saturated carbocycles. The van der Waals surface area contributed by atoms with Crippen molar-refractivity contribution in [1.82, 2.24) is 5.32 Å². The van der Waals surface area contributed by atoms with Gasteiger partial charge < -0.3 is 4.74 Å². The lowest BCUT2D eigenvalue weighted by molar-refractivity contribution is -0.384. The molecule has 1 fully saturated rings. The number of para-hydroxylation sites is 1. The predicted octanol–water partition coefficient (Wildman–Crippen LogP) is 4.46. The third-order valence-electron chi connectivity index (χ3n) is 5.44. The van der Waals surface area contributed by atoms with E-state index >= 15 is 0 Å². The minimum absolute atomic E-state index is 0.0368. The van der Waals surface area contributed by atoms with E-state index in [1.807, 2.05) is 13.0 Å². The smallest absolute Gasteiger partial charge is 0.335 e. The molecule has 0 unspecified atom stereocenters. The van der Waals surface area contributed by atoms with Crippen molar-refractivity contribution in [2.45, 2.75) is 20.5 Å². The Morgan fingerprint density at radius 2 is 1.77 bits per heavy atom. The van der Waals surface area contributed by atoms with Crippen LogP contribution in [0.4, 0.5) is 16.2 Å². The first-order valence-corrected chi connectivity index (χ1v) is 10.7. The van der Waals surface area contributed by atoms with E-state index in [4.69, 9.17) is 4.74 Å². The zero-order chi connectivity index (χ0) is 25.1. The number of nitrogens with zero attached hydrogens (tertiary/aromatic N) is 2. The zero-order valence-corrected chi connectivity index (χ0v) is 19.0. The molecule has 1 aliphatic heterocycles. The number of amides is 4. The number of anilines is 1. The van der Waals surface area contributed by atoms with Crippen LogP contribution >= 0.6 is 0 Å². The molecule has 0 aromatic heterocycles. The van der Waals surface area contributed by atoms with Gasteiger partial charge in [0.25, 0.3) is 17.5 Å². The van der Waals surface area contributed by atoms with E-state index in [2.05, 4.69) is 5.32 Å². The molecule has 3 aromatic carbocycles. The second kappa shape index (κ2) is 9.60. The third-order valence-corrected chi connectivity index (χ3v) is 5.44. The van der Waals surface area contributed by atoms with Crippen molar-refractivity contribution in [3.63, 3.8) is 0 Å². The topological polar surface area (TPSA) is 119 Å². The number of carbonyl (C=O) groups excluding carboxylic acids is 3. The molecule has 1 aliphatic rings. The van der Waals surface area contributed by atoms with Gasteiger partial charge >= 0.3 is 6.03 Å². The number of carbonyl (C=O) groups is 3. The molecule has 35 heavy (non-hydrogen) atoms. The molecule has 0 aliphatic carbocycles. The van der Waals surface area contributed by atoms with Crippen LogP contribution in [-0.2, 0) is 16.2 Å². The van der Waals surface area contributed by atoms with Crippen LogP contribution in [0, 0.1) is 24.0 Å². The number of nitro benzene ring substituents is 1. The number of nitro groups is 1. The molecule has 0 spiro atoms. The highest BCUT2D eigenvalue weighted by atomic mass is 16.6. The minimum atomic E-state index is -0.818. The Morgan fingerprint density at radius 3 is 2.54 bits per heavy atom. The monoisotopic (exact) mass is 471 g/mol. The van der Waals surface area contributed by atoms with E-state index in [0.29, 0.717) is 28.1 Å². The number of barbiturate groups is 1. The van der Waals surface area contributed by atoms with Crippen molar-refractivity contribution >= 4 is 35.3 Å². The quantitative estimate of drug-likeness (QED) is 0.245. The number of ether oxygens (including phenoxy) is 1. The average Bonchev–Trinajstić information content (AvgIpc) is 2.83. The fourth-order valence-electron chi connectivity index (χ4n) is 3.64. The summed E-state index contributed by atoms with van der Waals surface area (Å²) in [7, 11) is 0. The Labute approximate surface area is 200 Å². The molecule has 176 valence electrons. The Bertz CT molecular complexity index is 1400.